The van der Waals surface area contributed by atoms with Crippen LogP contribution < -0.4 is 0 Å². The summed E-state index contributed by atoms with van der Waals surface area (Å²) in [5.74, 6) is 0. The summed E-state index contributed by atoms with van der Waals surface area (Å²) in [4.78, 5) is 5.44. The van der Waals surface area contributed by atoms with E-state index in [0.29, 0.717) is 0 Å². The van der Waals surface area contributed by atoms with Crippen molar-refractivity contribution in [3.8, 4) is 0 Å². The lowest BCUT2D eigenvalue weighted by molar-refractivity contribution is 0.602. The third kappa shape index (κ3) is 1.80. The van der Waals surface area contributed by atoms with Crippen LogP contribution in [0, 0.1) is 0 Å². The smallest absolute Gasteiger partial charge is 0.159 e. The van der Waals surface area contributed by atoms with E-state index in [-0.39, 0.29) is 5.41 Å². The molecular weight excluding hydrogens is 210 g/mol. The summed E-state index contributed by atoms with van der Waals surface area (Å²) in [6.07, 6.45) is 1.93. The van der Waals surface area contributed by atoms with E-state index in [2.05, 4.69) is 41.7 Å². The van der Waals surface area contributed by atoms with Crippen LogP contribution in [0.4, 0.5) is 0 Å². The predicted octanol–water partition coefficient (Wildman–Crippen LogP) is 3.20. The number of aromatic nitrogens is 1. The Morgan fingerprint density at radius 2 is 2.10 bits per heavy atom. The van der Waals surface area contributed by atoms with Crippen molar-refractivity contribution in [2.24, 2.45) is 0 Å². The van der Waals surface area contributed by atoms with E-state index in [1.54, 1.807) is 11.3 Å². The Kier molecular flexibility index (Phi) is 2.15. The number of hydrogen-bond donors (Lipinski definition) is 0. The highest BCUT2D eigenvalue weighted by molar-refractivity contribution is 9.11. The zero-order chi connectivity index (χ0) is 7.78. The quantitative estimate of drug-likeness (QED) is 0.654. The number of hydrogen-bond acceptors (Lipinski definition) is 2. The molecule has 1 nitrogen and oxygen atoms in total. The van der Waals surface area contributed by atoms with Gasteiger partial charge in [-0.25, -0.2) is 4.98 Å². The van der Waals surface area contributed by atoms with Crippen molar-refractivity contribution in [2.45, 2.75) is 26.2 Å². The van der Waals surface area contributed by atoms with Gasteiger partial charge < -0.3 is 0 Å². The van der Waals surface area contributed by atoms with E-state index in [1.807, 2.05) is 6.20 Å². The molecule has 0 saturated heterocycles. The molecule has 1 aromatic rings. The first-order valence-electron chi connectivity index (χ1n) is 3.12. The molecule has 0 radical (unpaired) electrons. The van der Waals surface area contributed by atoms with Crippen LogP contribution in [0.5, 0.6) is 0 Å². The SMILES string of the molecule is CC(C)(C)c1cnc(Br)s1. The van der Waals surface area contributed by atoms with Gasteiger partial charge in [-0.3, -0.25) is 0 Å². The number of rotatable bonds is 0. The summed E-state index contributed by atoms with van der Waals surface area (Å²) in [6, 6.07) is 0. The van der Waals surface area contributed by atoms with E-state index >= 15 is 0 Å². The predicted molar refractivity (Wildman–Crippen MR) is 48.5 cm³/mol. The molecule has 0 saturated carbocycles. The van der Waals surface area contributed by atoms with Crippen LogP contribution >= 0.6 is 27.3 Å². The molecule has 0 aliphatic heterocycles. The molecule has 0 bridgehead atoms. The van der Waals surface area contributed by atoms with E-state index < -0.39 is 0 Å². The molecule has 0 amide bonds. The summed E-state index contributed by atoms with van der Waals surface area (Å²) >= 11 is 5.03. The number of halogens is 1. The average molecular weight is 220 g/mol. The fraction of sp³-hybridized carbons (Fsp3) is 0.571. The van der Waals surface area contributed by atoms with Gasteiger partial charge in [0.25, 0.3) is 0 Å². The second kappa shape index (κ2) is 2.62. The molecular formula is C7H10BrNS. The maximum atomic E-state index is 4.12. The van der Waals surface area contributed by atoms with E-state index in [1.165, 1.54) is 4.88 Å². The second-order valence-corrected chi connectivity index (χ2v) is 5.53. The van der Waals surface area contributed by atoms with E-state index in [4.69, 9.17) is 0 Å². The highest BCUT2D eigenvalue weighted by Crippen LogP contribution is 2.29. The van der Waals surface area contributed by atoms with Gasteiger partial charge >= 0.3 is 0 Å². The minimum atomic E-state index is 0.240. The molecule has 0 unspecified atom stereocenters. The fourth-order valence-electron chi connectivity index (χ4n) is 0.600. The first-order chi connectivity index (χ1) is 4.50. The summed E-state index contributed by atoms with van der Waals surface area (Å²) in [5.41, 5.74) is 0.240. The topological polar surface area (TPSA) is 12.9 Å². The van der Waals surface area contributed by atoms with Gasteiger partial charge in [0, 0.05) is 11.1 Å². The minimum absolute atomic E-state index is 0.240. The lowest BCUT2D eigenvalue weighted by atomic mass is 9.96. The maximum Gasteiger partial charge on any atom is 0.159 e. The van der Waals surface area contributed by atoms with Crippen molar-refractivity contribution in [1.82, 2.24) is 4.98 Å². The molecule has 0 spiro atoms. The third-order valence-electron chi connectivity index (χ3n) is 1.22. The van der Waals surface area contributed by atoms with Gasteiger partial charge in [0.15, 0.2) is 3.92 Å². The third-order valence-corrected chi connectivity index (χ3v) is 3.12. The van der Waals surface area contributed by atoms with Gasteiger partial charge in [-0.05, 0) is 21.3 Å². The van der Waals surface area contributed by atoms with Gasteiger partial charge in [-0.2, -0.15) is 0 Å². The largest absolute Gasteiger partial charge is 0.237 e. The lowest BCUT2D eigenvalue weighted by Crippen LogP contribution is -2.07. The molecule has 10 heavy (non-hydrogen) atoms. The zero-order valence-corrected chi connectivity index (χ0v) is 8.71. The Bertz CT molecular complexity index is 224. The Labute approximate surface area is 73.6 Å². The highest BCUT2D eigenvalue weighted by atomic mass is 79.9. The Morgan fingerprint density at radius 3 is 2.30 bits per heavy atom. The Balaban J connectivity index is 2.96. The summed E-state index contributed by atoms with van der Waals surface area (Å²) in [6.45, 7) is 6.56. The molecule has 0 aliphatic rings. The van der Waals surface area contributed by atoms with Gasteiger partial charge in [-0.1, -0.05) is 20.8 Å². The summed E-state index contributed by atoms with van der Waals surface area (Å²) < 4.78 is 0.970. The zero-order valence-electron chi connectivity index (χ0n) is 6.31. The highest BCUT2D eigenvalue weighted by Gasteiger charge is 2.15. The van der Waals surface area contributed by atoms with Gasteiger partial charge in [0.1, 0.15) is 0 Å². The van der Waals surface area contributed by atoms with Crippen LogP contribution in [0.15, 0.2) is 10.1 Å². The van der Waals surface area contributed by atoms with Crippen LogP contribution in [0.25, 0.3) is 0 Å². The van der Waals surface area contributed by atoms with E-state index in [0.717, 1.165) is 3.92 Å². The Morgan fingerprint density at radius 1 is 1.50 bits per heavy atom. The molecule has 1 heterocycles. The molecule has 0 N–H and O–H groups in total. The van der Waals surface area contributed by atoms with Crippen molar-refractivity contribution in [3.05, 3.63) is 15.0 Å². The van der Waals surface area contributed by atoms with E-state index in [9.17, 15) is 0 Å². The normalized spacial score (nSPS) is 12.0. The summed E-state index contributed by atoms with van der Waals surface area (Å²) in [7, 11) is 0. The van der Waals surface area contributed by atoms with Gasteiger partial charge in [0.2, 0.25) is 0 Å². The van der Waals surface area contributed by atoms with Crippen molar-refractivity contribution >= 4 is 27.3 Å². The van der Waals surface area contributed by atoms with Crippen LogP contribution in [0.3, 0.4) is 0 Å². The first kappa shape index (κ1) is 8.21. The Hall–Kier alpha value is 0.110. The molecule has 0 aromatic carbocycles. The fourth-order valence-corrected chi connectivity index (χ4v) is 1.92. The molecule has 0 aliphatic carbocycles. The van der Waals surface area contributed by atoms with Crippen molar-refractivity contribution in [2.75, 3.05) is 0 Å². The standard InChI is InChI=1S/C7H10BrNS/c1-7(2,3)5-4-9-6(8)10-5/h4H,1-3H3. The maximum absolute atomic E-state index is 4.12. The molecule has 56 valence electrons. The monoisotopic (exact) mass is 219 g/mol. The van der Waals surface area contributed by atoms with Crippen LogP contribution in [-0.4, -0.2) is 4.98 Å². The van der Waals surface area contributed by atoms with Gasteiger partial charge in [-0.15, -0.1) is 11.3 Å². The summed E-state index contributed by atoms with van der Waals surface area (Å²) in [5, 5.41) is 0. The van der Waals surface area contributed by atoms with Crippen LogP contribution in [-0.2, 0) is 5.41 Å². The molecule has 0 atom stereocenters. The van der Waals surface area contributed by atoms with Crippen LogP contribution in [0.2, 0.25) is 0 Å². The minimum Gasteiger partial charge on any atom is -0.237 e. The molecule has 3 heteroatoms. The second-order valence-electron chi connectivity index (χ2n) is 3.23. The molecule has 1 aromatic heterocycles. The molecule has 1 rings (SSSR count). The average Bonchev–Trinajstić information content (AvgIpc) is 2.11. The van der Waals surface area contributed by atoms with Crippen LogP contribution in [0.1, 0.15) is 25.6 Å². The van der Waals surface area contributed by atoms with Crippen molar-refractivity contribution < 1.29 is 0 Å². The van der Waals surface area contributed by atoms with Crippen molar-refractivity contribution in [1.29, 1.82) is 0 Å². The number of thiazole rings is 1. The molecule has 0 fully saturated rings. The van der Waals surface area contributed by atoms with Gasteiger partial charge in [0.05, 0.1) is 0 Å². The first-order valence-corrected chi connectivity index (χ1v) is 4.73. The lowest BCUT2D eigenvalue weighted by Gasteiger charge is -2.13. The van der Waals surface area contributed by atoms with Crippen molar-refractivity contribution in [3.63, 3.8) is 0 Å². The number of nitrogens with zero attached hydrogens (tertiary/aromatic N) is 1.